The summed E-state index contributed by atoms with van der Waals surface area (Å²) in [5, 5.41) is 0. The molecule has 0 bridgehead atoms. The average Bonchev–Trinajstić information content (AvgIpc) is 2.30. The topological polar surface area (TPSA) is 86.2 Å². The zero-order valence-electron chi connectivity index (χ0n) is 9.64. The predicted molar refractivity (Wildman–Crippen MR) is 63.8 cm³/mol. The third kappa shape index (κ3) is 6.06. The van der Waals surface area contributed by atoms with Gasteiger partial charge in [0.2, 0.25) is 0 Å². The van der Waals surface area contributed by atoms with Gasteiger partial charge in [0.05, 0.1) is 0 Å². The van der Waals surface area contributed by atoms with Gasteiger partial charge in [-0.3, -0.25) is 9.59 Å². The van der Waals surface area contributed by atoms with Crippen molar-refractivity contribution in [3.8, 4) is 0 Å². The maximum atomic E-state index is 9.79. The van der Waals surface area contributed by atoms with E-state index in [1.165, 1.54) is 13.8 Å². The third-order valence-corrected chi connectivity index (χ3v) is 1.98. The maximum Gasteiger partial charge on any atom is 0.195 e. The van der Waals surface area contributed by atoms with Gasteiger partial charge >= 0.3 is 0 Å². The van der Waals surface area contributed by atoms with E-state index >= 15 is 0 Å². The highest BCUT2D eigenvalue weighted by molar-refractivity contribution is 6.35. The second-order valence-corrected chi connectivity index (χ2v) is 3.37. The molecule has 0 saturated carbocycles. The van der Waals surface area contributed by atoms with Crippen LogP contribution in [-0.4, -0.2) is 18.1 Å². The monoisotopic (exact) mass is 222 g/mol. The number of ketones is 2. The third-order valence-electron chi connectivity index (χ3n) is 1.98. The Bertz CT molecular complexity index is 324. The summed E-state index contributed by atoms with van der Waals surface area (Å²) in [7, 11) is 0. The van der Waals surface area contributed by atoms with Gasteiger partial charge in [0.1, 0.15) is 0 Å². The molecule has 1 atom stereocenters. The summed E-state index contributed by atoms with van der Waals surface area (Å²) in [5.41, 5.74) is 12.2. The van der Waals surface area contributed by atoms with Crippen molar-refractivity contribution >= 4 is 11.6 Å². The van der Waals surface area contributed by atoms with Crippen LogP contribution < -0.4 is 11.5 Å². The number of hydrogen-bond acceptors (Lipinski definition) is 4. The highest BCUT2D eigenvalue weighted by atomic mass is 16.2. The van der Waals surface area contributed by atoms with Crippen LogP contribution in [0.3, 0.4) is 0 Å². The lowest BCUT2D eigenvalue weighted by Crippen LogP contribution is -2.20. The van der Waals surface area contributed by atoms with Gasteiger partial charge in [-0.05, 0) is 5.56 Å². The lowest BCUT2D eigenvalue weighted by molar-refractivity contribution is -0.134. The van der Waals surface area contributed by atoms with E-state index in [1.54, 1.807) is 0 Å². The second kappa shape index (κ2) is 7.73. The van der Waals surface area contributed by atoms with Crippen LogP contribution in [0.5, 0.6) is 0 Å². The quantitative estimate of drug-likeness (QED) is 0.741. The molecule has 88 valence electrons. The number of carbonyl (C=O) groups excluding carboxylic acids is 2. The summed E-state index contributed by atoms with van der Waals surface area (Å²) < 4.78 is 0. The zero-order chi connectivity index (χ0) is 12.6. The van der Waals surface area contributed by atoms with Crippen molar-refractivity contribution in [3.05, 3.63) is 35.9 Å². The minimum absolute atomic E-state index is 0.0128. The van der Waals surface area contributed by atoms with Gasteiger partial charge < -0.3 is 11.5 Å². The Kier molecular flexibility index (Phi) is 7.00. The first-order chi connectivity index (χ1) is 7.49. The largest absolute Gasteiger partial charge is 0.329 e. The molecule has 0 heterocycles. The molecule has 0 aliphatic rings. The first-order valence-corrected chi connectivity index (χ1v) is 5.01. The summed E-state index contributed by atoms with van der Waals surface area (Å²) in [5.74, 6) is -0.759. The Hall–Kier alpha value is -1.52. The molecule has 16 heavy (non-hydrogen) atoms. The standard InChI is InChI=1S/C8H12N2.C4H6O2/c9-6-8(10)7-4-2-1-3-5-7;1-3(5)4(2)6/h1-5,8H,6,9-10H2;1-2H3. The van der Waals surface area contributed by atoms with E-state index in [-0.39, 0.29) is 17.6 Å². The molecule has 1 rings (SSSR count). The molecule has 4 nitrogen and oxygen atoms in total. The van der Waals surface area contributed by atoms with Crippen LogP contribution in [-0.2, 0) is 9.59 Å². The van der Waals surface area contributed by atoms with Crippen LogP contribution in [0.25, 0.3) is 0 Å². The molecule has 0 aliphatic heterocycles. The van der Waals surface area contributed by atoms with Crippen molar-refractivity contribution in [3.63, 3.8) is 0 Å². The van der Waals surface area contributed by atoms with Crippen LogP contribution in [0.2, 0.25) is 0 Å². The lowest BCUT2D eigenvalue weighted by Gasteiger charge is -2.06. The molecule has 4 N–H and O–H groups in total. The summed E-state index contributed by atoms with van der Waals surface area (Å²) in [4.78, 5) is 19.6. The van der Waals surface area contributed by atoms with Crippen molar-refractivity contribution in [1.29, 1.82) is 0 Å². The van der Waals surface area contributed by atoms with Gasteiger partial charge in [-0.25, -0.2) is 0 Å². The molecule has 0 aliphatic carbocycles. The first kappa shape index (κ1) is 14.5. The van der Waals surface area contributed by atoms with Gasteiger partial charge in [0.15, 0.2) is 11.6 Å². The van der Waals surface area contributed by atoms with Crippen LogP contribution >= 0.6 is 0 Å². The number of hydrogen-bond donors (Lipinski definition) is 2. The number of rotatable bonds is 3. The van der Waals surface area contributed by atoms with Crippen LogP contribution in [0.1, 0.15) is 25.5 Å². The normalized spacial score (nSPS) is 11.0. The van der Waals surface area contributed by atoms with E-state index in [9.17, 15) is 9.59 Å². The Morgan fingerprint density at radius 2 is 1.56 bits per heavy atom. The summed E-state index contributed by atoms with van der Waals surface area (Å²) in [6, 6.07) is 9.85. The summed E-state index contributed by atoms with van der Waals surface area (Å²) in [6.45, 7) is 3.01. The molecule has 1 aromatic rings. The van der Waals surface area contributed by atoms with Crippen molar-refractivity contribution in [2.45, 2.75) is 19.9 Å². The molecule has 0 spiro atoms. The van der Waals surface area contributed by atoms with Crippen LogP contribution in [0.15, 0.2) is 30.3 Å². The van der Waals surface area contributed by atoms with Gasteiger partial charge in [-0.15, -0.1) is 0 Å². The van der Waals surface area contributed by atoms with Gasteiger partial charge in [0.25, 0.3) is 0 Å². The lowest BCUT2D eigenvalue weighted by atomic mass is 10.1. The highest BCUT2D eigenvalue weighted by Crippen LogP contribution is 2.06. The fourth-order valence-corrected chi connectivity index (χ4v) is 0.836. The number of Topliss-reactive ketones (excluding diaryl/α,β-unsaturated/α-hetero) is 2. The van der Waals surface area contributed by atoms with E-state index in [0.29, 0.717) is 6.54 Å². The van der Waals surface area contributed by atoms with Crippen molar-refractivity contribution < 1.29 is 9.59 Å². The fourth-order valence-electron chi connectivity index (χ4n) is 0.836. The summed E-state index contributed by atoms with van der Waals surface area (Å²) in [6.07, 6.45) is 0. The van der Waals surface area contributed by atoms with Gasteiger partial charge in [0, 0.05) is 26.4 Å². The van der Waals surface area contributed by atoms with Crippen LogP contribution in [0.4, 0.5) is 0 Å². The first-order valence-electron chi connectivity index (χ1n) is 5.01. The van der Waals surface area contributed by atoms with Crippen molar-refractivity contribution in [2.75, 3.05) is 6.54 Å². The Balaban J connectivity index is 0.000000325. The highest BCUT2D eigenvalue weighted by Gasteiger charge is 1.99. The zero-order valence-corrected chi connectivity index (χ0v) is 9.64. The van der Waals surface area contributed by atoms with Crippen LogP contribution in [0, 0.1) is 0 Å². The molecule has 0 fully saturated rings. The number of carbonyl (C=O) groups is 2. The molecule has 0 radical (unpaired) electrons. The van der Waals surface area contributed by atoms with Crippen molar-refractivity contribution in [2.24, 2.45) is 11.5 Å². The average molecular weight is 222 g/mol. The maximum absolute atomic E-state index is 9.79. The molecular formula is C12H18N2O2. The molecule has 1 unspecified atom stereocenters. The van der Waals surface area contributed by atoms with Gasteiger partial charge in [-0.2, -0.15) is 0 Å². The van der Waals surface area contributed by atoms with E-state index in [2.05, 4.69) is 0 Å². The SMILES string of the molecule is CC(=O)C(C)=O.NCC(N)c1ccccc1. The molecule has 0 amide bonds. The minimum atomic E-state index is -0.380. The minimum Gasteiger partial charge on any atom is -0.329 e. The fraction of sp³-hybridized carbons (Fsp3) is 0.333. The predicted octanol–water partition coefficient (Wildman–Crippen LogP) is 0.810. The smallest absolute Gasteiger partial charge is 0.195 e. The van der Waals surface area contributed by atoms with Crippen molar-refractivity contribution in [1.82, 2.24) is 0 Å². The number of benzene rings is 1. The molecule has 0 aromatic heterocycles. The van der Waals surface area contributed by atoms with Gasteiger partial charge in [-0.1, -0.05) is 30.3 Å². The Labute approximate surface area is 95.6 Å². The van der Waals surface area contributed by atoms with E-state index < -0.39 is 0 Å². The Morgan fingerprint density at radius 1 is 1.12 bits per heavy atom. The van der Waals surface area contributed by atoms with E-state index in [4.69, 9.17) is 11.5 Å². The molecule has 0 saturated heterocycles. The molecular weight excluding hydrogens is 204 g/mol. The summed E-state index contributed by atoms with van der Waals surface area (Å²) >= 11 is 0. The molecule has 4 heteroatoms. The van der Waals surface area contributed by atoms with E-state index in [0.717, 1.165) is 5.56 Å². The number of nitrogens with two attached hydrogens (primary N) is 2. The Morgan fingerprint density at radius 3 is 1.88 bits per heavy atom. The van der Waals surface area contributed by atoms with E-state index in [1.807, 2.05) is 30.3 Å². The second-order valence-electron chi connectivity index (χ2n) is 3.37. The molecule has 1 aromatic carbocycles.